The lowest BCUT2D eigenvalue weighted by Gasteiger charge is -2.27. The summed E-state index contributed by atoms with van der Waals surface area (Å²) in [5.74, 6) is 1.13. The number of hydrogen-bond donors (Lipinski definition) is 2. The van der Waals surface area contributed by atoms with E-state index in [4.69, 9.17) is 4.74 Å². The summed E-state index contributed by atoms with van der Waals surface area (Å²) < 4.78 is 5.62. The Morgan fingerprint density at radius 3 is 2.72 bits per heavy atom. The van der Waals surface area contributed by atoms with E-state index < -0.39 is 5.60 Å². The van der Waals surface area contributed by atoms with Gasteiger partial charge >= 0.3 is 0 Å². The molecule has 1 rings (SSSR count). The van der Waals surface area contributed by atoms with Crippen LogP contribution in [0.5, 0.6) is 5.75 Å². The maximum Gasteiger partial charge on any atom is 0.119 e. The largest absolute Gasteiger partial charge is 0.492 e. The smallest absolute Gasteiger partial charge is 0.119 e. The van der Waals surface area contributed by atoms with Crippen molar-refractivity contribution in [3.63, 3.8) is 0 Å². The molecule has 3 heteroatoms. The topological polar surface area (TPSA) is 41.5 Å². The van der Waals surface area contributed by atoms with E-state index in [-0.39, 0.29) is 5.92 Å². The lowest BCUT2D eigenvalue weighted by molar-refractivity contribution is 0.0138. The minimum atomic E-state index is -0.663. The maximum atomic E-state index is 10.0. The summed E-state index contributed by atoms with van der Waals surface area (Å²) in [7, 11) is 0. The van der Waals surface area contributed by atoms with Crippen LogP contribution >= 0.6 is 0 Å². The fourth-order valence-corrected chi connectivity index (χ4v) is 1.49. The van der Waals surface area contributed by atoms with E-state index in [0.717, 1.165) is 12.3 Å². The first kappa shape index (κ1) is 15.0. The predicted octanol–water partition coefficient (Wildman–Crippen LogP) is 2.37. The molecule has 0 bridgehead atoms. The van der Waals surface area contributed by atoms with Crippen molar-refractivity contribution in [2.45, 2.75) is 33.3 Å². The molecule has 0 fully saturated rings. The summed E-state index contributed by atoms with van der Waals surface area (Å²) in [4.78, 5) is 0. The van der Waals surface area contributed by atoms with Gasteiger partial charge in [0.05, 0.1) is 5.60 Å². The number of rotatable bonds is 7. The molecule has 1 aromatic rings. The summed E-state index contributed by atoms with van der Waals surface area (Å²) in [6.45, 7) is 9.86. The Hall–Kier alpha value is -1.06. The van der Waals surface area contributed by atoms with E-state index in [2.05, 4.69) is 5.32 Å². The van der Waals surface area contributed by atoms with Gasteiger partial charge in [-0.15, -0.1) is 0 Å². The highest BCUT2D eigenvalue weighted by molar-refractivity contribution is 5.27. The first-order valence-electron chi connectivity index (χ1n) is 6.54. The number of aryl methyl sites for hydroxylation is 1. The van der Waals surface area contributed by atoms with E-state index in [1.807, 2.05) is 52.0 Å². The van der Waals surface area contributed by atoms with Gasteiger partial charge in [0.2, 0.25) is 0 Å². The fourth-order valence-electron chi connectivity index (χ4n) is 1.49. The Bertz CT molecular complexity index is 361. The summed E-state index contributed by atoms with van der Waals surface area (Å²) in [5, 5.41) is 13.3. The molecule has 0 saturated carbocycles. The van der Waals surface area contributed by atoms with Crippen molar-refractivity contribution < 1.29 is 9.84 Å². The summed E-state index contributed by atoms with van der Waals surface area (Å²) in [6.07, 6.45) is 0. The van der Waals surface area contributed by atoms with Crippen molar-refractivity contribution in [3.8, 4) is 5.75 Å². The zero-order chi connectivity index (χ0) is 13.6. The highest BCUT2D eigenvalue weighted by atomic mass is 16.5. The summed E-state index contributed by atoms with van der Waals surface area (Å²) in [5.41, 5.74) is 0.534. The second kappa shape index (κ2) is 6.76. The molecule has 0 saturated heterocycles. The first-order chi connectivity index (χ1) is 8.42. The molecule has 0 aliphatic heterocycles. The quantitative estimate of drug-likeness (QED) is 0.731. The van der Waals surface area contributed by atoms with E-state index >= 15 is 0 Å². The molecule has 0 radical (unpaired) electrons. The third-order valence-electron chi connectivity index (χ3n) is 3.26. The third kappa shape index (κ3) is 5.07. The molecule has 1 aromatic carbocycles. The second-order valence-corrected chi connectivity index (χ2v) is 5.35. The standard InChI is InChI=1S/C15H25NO2/c1-12(2)15(4,17)11-16-8-9-18-14-7-5-6-13(3)10-14/h5-7,10,12,16-17H,8-9,11H2,1-4H3. The molecule has 1 unspecified atom stereocenters. The Morgan fingerprint density at radius 2 is 2.11 bits per heavy atom. The number of aliphatic hydroxyl groups is 1. The lowest BCUT2D eigenvalue weighted by Crippen LogP contribution is -2.43. The maximum absolute atomic E-state index is 10.0. The number of ether oxygens (including phenoxy) is 1. The van der Waals surface area contributed by atoms with Gasteiger partial charge in [0, 0.05) is 13.1 Å². The van der Waals surface area contributed by atoms with Gasteiger partial charge in [-0.05, 0) is 37.5 Å². The predicted molar refractivity (Wildman–Crippen MR) is 75.0 cm³/mol. The van der Waals surface area contributed by atoms with E-state index in [1.165, 1.54) is 5.56 Å². The van der Waals surface area contributed by atoms with Crippen LogP contribution in [-0.4, -0.2) is 30.4 Å². The van der Waals surface area contributed by atoms with Gasteiger partial charge in [-0.2, -0.15) is 0 Å². The van der Waals surface area contributed by atoms with Gasteiger partial charge in [0.1, 0.15) is 12.4 Å². The molecular formula is C15H25NO2. The van der Waals surface area contributed by atoms with Gasteiger partial charge in [-0.1, -0.05) is 26.0 Å². The molecule has 2 N–H and O–H groups in total. The van der Waals surface area contributed by atoms with Crippen LogP contribution in [0.2, 0.25) is 0 Å². The highest BCUT2D eigenvalue weighted by Crippen LogP contribution is 2.14. The number of nitrogens with one attached hydrogen (secondary N) is 1. The lowest BCUT2D eigenvalue weighted by atomic mass is 9.93. The van der Waals surface area contributed by atoms with Crippen LogP contribution < -0.4 is 10.1 Å². The zero-order valence-electron chi connectivity index (χ0n) is 11.9. The van der Waals surface area contributed by atoms with E-state index in [0.29, 0.717) is 13.2 Å². The van der Waals surface area contributed by atoms with Gasteiger partial charge in [0.15, 0.2) is 0 Å². The number of hydrogen-bond acceptors (Lipinski definition) is 3. The Kier molecular flexibility index (Phi) is 5.63. The van der Waals surface area contributed by atoms with Crippen LogP contribution in [0.3, 0.4) is 0 Å². The molecule has 1 atom stereocenters. The molecule has 18 heavy (non-hydrogen) atoms. The summed E-state index contributed by atoms with van der Waals surface area (Å²) in [6, 6.07) is 8.01. The van der Waals surface area contributed by atoms with Crippen LogP contribution in [-0.2, 0) is 0 Å². The zero-order valence-corrected chi connectivity index (χ0v) is 11.9. The molecule has 0 spiro atoms. The van der Waals surface area contributed by atoms with Crippen LogP contribution in [0.1, 0.15) is 26.3 Å². The molecular weight excluding hydrogens is 226 g/mol. The Labute approximate surface area is 110 Å². The van der Waals surface area contributed by atoms with Crippen LogP contribution in [0.15, 0.2) is 24.3 Å². The molecule has 0 aliphatic carbocycles. The molecule has 0 heterocycles. The van der Waals surface area contributed by atoms with Crippen molar-refractivity contribution in [1.29, 1.82) is 0 Å². The van der Waals surface area contributed by atoms with Gasteiger partial charge in [0.25, 0.3) is 0 Å². The minimum Gasteiger partial charge on any atom is -0.492 e. The molecule has 3 nitrogen and oxygen atoms in total. The van der Waals surface area contributed by atoms with Gasteiger partial charge in [-0.3, -0.25) is 0 Å². The van der Waals surface area contributed by atoms with Crippen molar-refractivity contribution in [3.05, 3.63) is 29.8 Å². The normalized spacial score (nSPS) is 14.6. The van der Waals surface area contributed by atoms with Crippen molar-refractivity contribution >= 4 is 0 Å². The van der Waals surface area contributed by atoms with Crippen LogP contribution in [0, 0.1) is 12.8 Å². The molecule has 102 valence electrons. The van der Waals surface area contributed by atoms with E-state index in [1.54, 1.807) is 0 Å². The van der Waals surface area contributed by atoms with Crippen molar-refractivity contribution in [2.75, 3.05) is 19.7 Å². The summed E-state index contributed by atoms with van der Waals surface area (Å²) >= 11 is 0. The molecule has 0 amide bonds. The Morgan fingerprint density at radius 1 is 1.39 bits per heavy atom. The first-order valence-corrected chi connectivity index (χ1v) is 6.54. The van der Waals surface area contributed by atoms with Gasteiger partial charge in [-0.25, -0.2) is 0 Å². The van der Waals surface area contributed by atoms with Crippen LogP contribution in [0.4, 0.5) is 0 Å². The average molecular weight is 251 g/mol. The van der Waals surface area contributed by atoms with Gasteiger partial charge < -0.3 is 15.2 Å². The second-order valence-electron chi connectivity index (χ2n) is 5.35. The monoisotopic (exact) mass is 251 g/mol. The third-order valence-corrected chi connectivity index (χ3v) is 3.26. The van der Waals surface area contributed by atoms with Crippen LogP contribution in [0.25, 0.3) is 0 Å². The molecule has 0 aromatic heterocycles. The van der Waals surface area contributed by atoms with Crippen molar-refractivity contribution in [2.24, 2.45) is 5.92 Å². The van der Waals surface area contributed by atoms with E-state index in [9.17, 15) is 5.11 Å². The van der Waals surface area contributed by atoms with Crippen molar-refractivity contribution in [1.82, 2.24) is 5.32 Å². The minimum absolute atomic E-state index is 0.239. The Balaban J connectivity index is 2.20. The fraction of sp³-hybridized carbons (Fsp3) is 0.600. The number of benzene rings is 1. The molecule has 0 aliphatic rings. The highest BCUT2D eigenvalue weighted by Gasteiger charge is 2.23. The average Bonchev–Trinajstić information content (AvgIpc) is 2.28. The SMILES string of the molecule is Cc1cccc(OCCNCC(C)(O)C(C)C)c1.